The third kappa shape index (κ3) is 4.45. The highest BCUT2D eigenvalue weighted by Gasteiger charge is 2.71. The molecule has 2 aromatic carbocycles. The van der Waals surface area contributed by atoms with Gasteiger partial charge in [-0.2, -0.15) is 13.2 Å². The maximum atomic E-state index is 15.0. The summed E-state index contributed by atoms with van der Waals surface area (Å²) in [6.07, 6.45) is -5.42. The molecular weight excluding hydrogens is 489 g/mol. The van der Waals surface area contributed by atoms with Gasteiger partial charge in [0.15, 0.2) is 17.3 Å². The van der Waals surface area contributed by atoms with Crippen molar-refractivity contribution in [3.63, 3.8) is 0 Å². The number of ketones is 1. The normalized spacial score (nSPS) is 21.1. The van der Waals surface area contributed by atoms with Gasteiger partial charge in [-0.3, -0.25) is 14.4 Å². The third-order valence-electron chi connectivity index (χ3n) is 6.67. The zero-order chi connectivity index (χ0) is 27.2. The Hall–Kier alpha value is -3.82. The number of halogens is 3. The second kappa shape index (κ2) is 9.24. The van der Waals surface area contributed by atoms with Crippen LogP contribution in [0, 0.1) is 5.41 Å². The monoisotopic (exact) mass is 516 g/mol. The van der Waals surface area contributed by atoms with Gasteiger partial charge in [0.1, 0.15) is 0 Å². The SMILES string of the molecule is COc1ccc(C(=O)NC2(C(F)(F)F)C(=O)N(Cc3ccccc3)C3=C2C(=O)CC(C)(C)C3)cc1OC. The highest BCUT2D eigenvalue weighted by Crippen LogP contribution is 2.52. The van der Waals surface area contributed by atoms with Gasteiger partial charge >= 0.3 is 6.18 Å². The van der Waals surface area contributed by atoms with E-state index in [2.05, 4.69) is 0 Å². The number of methoxy groups -OCH3 is 2. The van der Waals surface area contributed by atoms with Crippen molar-refractivity contribution in [1.29, 1.82) is 0 Å². The molecule has 196 valence electrons. The van der Waals surface area contributed by atoms with Gasteiger partial charge in [-0.25, -0.2) is 0 Å². The van der Waals surface area contributed by atoms with Crippen molar-refractivity contribution >= 4 is 17.6 Å². The Morgan fingerprint density at radius 3 is 2.24 bits per heavy atom. The number of carbonyl (C=O) groups is 3. The maximum Gasteiger partial charge on any atom is 0.425 e. The Balaban J connectivity index is 1.85. The number of nitrogens with one attached hydrogen (secondary N) is 1. The van der Waals surface area contributed by atoms with E-state index in [0.717, 1.165) is 4.90 Å². The van der Waals surface area contributed by atoms with Gasteiger partial charge in [0.25, 0.3) is 11.8 Å². The van der Waals surface area contributed by atoms with E-state index in [1.54, 1.807) is 44.2 Å². The lowest BCUT2D eigenvalue weighted by Crippen LogP contribution is -2.66. The summed E-state index contributed by atoms with van der Waals surface area (Å²) in [5.41, 5.74) is -4.52. The summed E-state index contributed by atoms with van der Waals surface area (Å²) in [7, 11) is 2.69. The van der Waals surface area contributed by atoms with Crippen LogP contribution in [0.4, 0.5) is 13.2 Å². The molecule has 0 saturated heterocycles. The van der Waals surface area contributed by atoms with Gasteiger partial charge in [0, 0.05) is 17.7 Å². The minimum absolute atomic E-state index is 0.0139. The van der Waals surface area contributed by atoms with Crippen LogP contribution in [0.3, 0.4) is 0 Å². The molecule has 2 aliphatic rings. The van der Waals surface area contributed by atoms with Gasteiger partial charge in [0.05, 0.1) is 26.3 Å². The lowest BCUT2D eigenvalue weighted by Gasteiger charge is -2.35. The van der Waals surface area contributed by atoms with E-state index in [9.17, 15) is 27.6 Å². The molecule has 0 bridgehead atoms. The number of amides is 2. The fraction of sp³-hybridized carbons (Fsp3) is 0.370. The second-order valence-corrected chi connectivity index (χ2v) is 9.91. The molecule has 0 spiro atoms. The number of benzene rings is 2. The molecule has 10 heteroatoms. The Kier molecular flexibility index (Phi) is 6.56. The van der Waals surface area contributed by atoms with E-state index >= 15 is 0 Å². The van der Waals surface area contributed by atoms with Crippen LogP contribution in [0.2, 0.25) is 0 Å². The first-order valence-corrected chi connectivity index (χ1v) is 11.6. The molecule has 2 amide bonds. The van der Waals surface area contributed by atoms with Crippen LogP contribution in [0.1, 0.15) is 42.6 Å². The number of carbonyl (C=O) groups excluding carboxylic acids is 3. The van der Waals surface area contributed by atoms with Crippen molar-refractivity contribution in [1.82, 2.24) is 10.2 Å². The molecule has 0 aromatic heterocycles. The average molecular weight is 517 g/mol. The Morgan fingerprint density at radius 1 is 1.00 bits per heavy atom. The summed E-state index contributed by atoms with van der Waals surface area (Å²) in [4.78, 5) is 41.2. The molecule has 37 heavy (non-hydrogen) atoms. The van der Waals surface area contributed by atoms with Gasteiger partial charge in [0.2, 0.25) is 5.54 Å². The zero-order valence-electron chi connectivity index (χ0n) is 20.9. The molecule has 1 aliphatic carbocycles. The van der Waals surface area contributed by atoms with Crippen molar-refractivity contribution in [2.75, 3.05) is 14.2 Å². The van der Waals surface area contributed by atoms with Crippen LogP contribution >= 0.6 is 0 Å². The number of hydrogen-bond donors (Lipinski definition) is 1. The van der Waals surface area contributed by atoms with E-state index < -0.39 is 40.3 Å². The molecule has 1 aliphatic heterocycles. The Labute approximate surface area is 212 Å². The van der Waals surface area contributed by atoms with Crippen LogP contribution in [0.5, 0.6) is 11.5 Å². The first kappa shape index (κ1) is 26.2. The number of allylic oxidation sites excluding steroid dienone is 1. The molecule has 1 heterocycles. The van der Waals surface area contributed by atoms with Crippen molar-refractivity contribution < 1.29 is 37.0 Å². The predicted octanol–water partition coefficient (Wildman–Crippen LogP) is 4.42. The maximum absolute atomic E-state index is 15.0. The van der Waals surface area contributed by atoms with Gasteiger partial charge in [-0.05, 0) is 35.6 Å². The van der Waals surface area contributed by atoms with Crippen molar-refractivity contribution in [3.05, 3.63) is 70.9 Å². The average Bonchev–Trinajstić information content (AvgIpc) is 3.06. The van der Waals surface area contributed by atoms with Crippen LogP contribution in [-0.2, 0) is 16.1 Å². The smallest absolute Gasteiger partial charge is 0.425 e. The summed E-state index contributed by atoms with van der Waals surface area (Å²) in [5.74, 6) is -3.02. The minimum Gasteiger partial charge on any atom is -0.493 e. The molecule has 1 N–H and O–H groups in total. The molecular formula is C27H27F3N2O5. The van der Waals surface area contributed by atoms with Crippen LogP contribution in [0.25, 0.3) is 0 Å². The zero-order valence-corrected chi connectivity index (χ0v) is 20.9. The summed E-state index contributed by atoms with van der Waals surface area (Å²) in [5, 5.41) is 1.93. The number of rotatable bonds is 6. The second-order valence-electron chi connectivity index (χ2n) is 9.91. The molecule has 0 radical (unpaired) electrons. The fourth-order valence-corrected chi connectivity index (χ4v) is 4.98. The third-order valence-corrected chi connectivity index (χ3v) is 6.67. The van der Waals surface area contributed by atoms with Gasteiger partial charge in [-0.1, -0.05) is 44.2 Å². The molecule has 1 unspecified atom stereocenters. The van der Waals surface area contributed by atoms with E-state index in [0.29, 0.717) is 5.56 Å². The number of alkyl halides is 3. The van der Waals surface area contributed by atoms with Crippen molar-refractivity contribution in [2.24, 2.45) is 5.41 Å². The van der Waals surface area contributed by atoms with E-state index in [1.807, 2.05) is 5.32 Å². The summed E-state index contributed by atoms with van der Waals surface area (Å²) in [6.45, 7) is 3.34. The molecule has 1 atom stereocenters. The summed E-state index contributed by atoms with van der Waals surface area (Å²) < 4.78 is 55.2. The van der Waals surface area contributed by atoms with Crippen molar-refractivity contribution in [3.8, 4) is 11.5 Å². The standard InChI is InChI=1S/C27H27F3N2O5/c1-25(2)13-18-22(19(33)14-25)26(27(28,29)30,24(35)32(18)15-16-8-6-5-7-9-16)31-23(34)17-10-11-20(36-3)21(12-17)37-4/h5-12H,13-15H2,1-4H3,(H,31,34). The lowest BCUT2D eigenvalue weighted by molar-refractivity contribution is -0.190. The number of Topliss-reactive ketones (excluding diaryl/α,β-unsaturated/α-hetero) is 1. The van der Waals surface area contributed by atoms with Gasteiger partial charge in [-0.15, -0.1) is 0 Å². The number of nitrogens with zero attached hydrogens (tertiary/aromatic N) is 1. The minimum atomic E-state index is -5.29. The van der Waals surface area contributed by atoms with Crippen LogP contribution in [0.15, 0.2) is 59.8 Å². The van der Waals surface area contributed by atoms with E-state index in [4.69, 9.17) is 9.47 Å². The highest BCUT2D eigenvalue weighted by atomic mass is 19.4. The van der Waals surface area contributed by atoms with E-state index in [-0.39, 0.29) is 42.1 Å². The quantitative estimate of drug-likeness (QED) is 0.615. The molecule has 2 aromatic rings. The molecule has 0 saturated carbocycles. The van der Waals surface area contributed by atoms with Crippen LogP contribution < -0.4 is 14.8 Å². The Morgan fingerprint density at radius 2 is 1.65 bits per heavy atom. The summed E-state index contributed by atoms with van der Waals surface area (Å²) >= 11 is 0. The number of ether oxygens (including phenoxy) is 2. The first-order valence-electron chi connectivity index (χ1n) is 11.6. The largest absolute Gasteiger partial charge is 0.493 e. The topological polar surface area (TPSA) is 84.9 Å². The van der Waals surface area contributed by atoms with E-state index in [1.165, 1.54) is 32.4 Å². The first-order chi connectivity index (χ1) is 17.3. The van der Waals surface area contributed by atoms with Crippen molar-refractivity contribution in [2.45, 2.75) is 44.9 Å². The molecule has 0 fully saturated rings. The number of hydrogen-bond acceptors (Lipinski definition) is 5. The highest BCUT2D eigenvalue weighted by molar-refractivity contribution is 6.14. The predicted molar refractivity (Wildman–Crippen MR) is 128 cm³/mol. The lowest BCUT2D eigenvalue weighted by atomic mass is 9.72. The fourth-order valence-electron chi connectivity index (χ4n) is 4.98. The van der Waals surface area contributed by atoms with Crippen LogP contribution in [-0.4, -0.2) is 48.4 Å². The molecule has 4 rings (SSSR count). The van der Waals surface area contributed by atoms with Gasteiger partial charge < -0.3 is 19.7 Å². The summed E-state index contributed by atoms with van der Waals surface area (Å²) in [6, 6.07) is 12.3. The Bertz CT molecular complexity index is 1290. The molecule has 7 nitrogen and oxygen atoms in total.